The molecule has 5 nitrogen and oxygen atoms in total. The van der Waals surface area contributed by atoms with E-state index in [1.807, 2.05) is 6.92 Å². The van der Waals surface area contributed by atoms with Gasteiger partial charge in [0.15, 0.2) is 0 Å². The minimum Gasteiger partial charge on any atom is -0.478 e. The summed E-state index contributed by atoms with van der Waals surface area (Å²) in [4.78, 5) is 11.1. The number of ether oxygens (including phenoxy) is 1. The fourth-order valence-electron chi connectivity index (χ4n) is 2.22. The van der Waals surface area contributed by atoms with E-state index in [4.69, 9.17) is 15.6 Å². The zero-order valence-corrected chi connectivity index (χ0v) is 10.6. The number of hydrogen-bond acceptors (Lipinski definition) is 4. The standard InChI is InChI=1S/C13H17FN2O3/c1-2-19-8-5-7(6-8)16-10-4-3-9(14)12(15)11(10)13(17)18/h3-4,7-8,16H,2,5-6,15H2,1H3,(H,17,18). The molecule has 0 unspecified atom stereocenters. The molecule has 19 heavy (non-hydrogen) atoms. The first-order valence-corrected chi connectivity index (χ1v) is 6.22. The van der Waals surface area contributed by atoms with Crippen molar-refractivity contribution in [1.29, 1.82) is 0 Å². The number of nitrogen functional groups attached to an aromatic ring is 1. The van der Waals surface area contributed by atoms with Gasteiger partial charge in [0.1, 0.15) is 11.4 Å². The van der Waals surface area contributed by atoms with Gasteiger partial charge in [-0.25, -0.2) is 9.18 Å². The lowest BCUT2D eigenvalue weighted by Gasteiger charge is -2.36. The first-order valence-electron chi connectivity index (χ1n) is 6.22. The number of aromatic carboxylic acids is 1. The molecule has 0 saturated heterocycles. The van der Waals surface area contributed by atoms with Crippen molar-refractivity contribution >= 4 is 17.3 Å². The van der Waals surface area contributed by atoms with E-state index < -0.39 is 11.8 Å². The van der Waals surface area contributed by atoms with Crippen LogP contribution in [0.4, 0.5) is 15.8 Å². The molecule has 1 aromatic rings. The van der Waals surface area contributed by atoms with Crippen molar-refractivity contribution in [1.82, 2.24) is 0 Å². The van der Waals surface area contributed by atoms with E-state index in [1.54, 1.807) is 0 Å². The summed E-state index contributed by atoms with van der Waals surface area (Å²) in [5, 5.41) is 12.2. The van der Waals surface area contributed by atoms with Crippen LogP contribution in [0.25, 0.3) is 0 Å². The third-order valence-electron chi connectivity index (χ3n) is 3.26. The van der Waals surface area contributed by atoms with E-state index in [0.717, 1.165) is 12.8 Å². The minimum atomic E-state index is -1.24. The van der Waals surface area contributed by atoms with Gasteiger partial charge in [-0.1, -0.05) is 0 Å². The highest BCUT2D eigenvalue weighted by molar-refractivity contribution is 6.00. The highest BCUT2D eigenvalue weighted by Gasteiger charge is 2.30. The van der Waals surface area contributed by atoms with E-state index in [1.165, 1.54) is 12.1 Å². The molecule has 0 aliphatic heterocycles. The van der Waals surface area contributed by atoms with Gasteiger partial charge in [0.25, 0.3) is 0 Å². The van der Waals surface area contributed by atoms with Crippen LogP contribution in [-0.2, 0) is 4.74 Å². The fourth-order valence-corrected chi connectivity index (χ4v) is 2.22. The second kappa shape index (κ2) is 5.44. The number of halogens is 1. The predicted molar refractivity (Wildman–Crippen MR) is 69.8 cm³/mol. The first-order chi connectivity index (χ1) is 9.02. The third kappa shape index (κ3) is 2.78. The minimum absolute atomic E-state index is 0.138. The SMILES string of the molecule is CCOC1CC(Nc2ccc(F)c(N)c2C(=O)O)C1. The van der Waals surface area contributed by atoms with Crippen LogP contribution in [0.5, 0.6) is 0 Å². The molecule has 6 heteroatoms. The molecule has 2 rings (SSSR count). The monoisotopic (exact) mass is 268 g/mol. The maximum absolute atomic E-state index is 13.3. The van der Waals surface area contributed by atoms with Crippen molar-refractivity contribution in [3.05, 3.63) is 23.5 Å². The molecule has 1 aliphatic rings. The summed E-state index contributed by atoms with van der Waals surface area (Å²) in [6.07, 6.45) is 1.84. The Balaban J connectivity index is 2.09. The van der Waals surface area contributed by atoms with Crippen LogP contribution in [0.2, 0.25) is 0 Å². The molecular formula is C13H17FN2O3. The van der Waals surface area contributed by atoms with Gasteiger partial charge in [0.2, 0.25) is 0 Å². The molecule has 0 amide bonds. The number of hydrogen-bond donors (Lipinski definition) is 3. The molecule has 1 saturated carbocycles. The second-order valence-electron chi connectivity index (χ2n) is 4.58. The summed E-state index contributed by atoms with van der Waals surface area (Å²) in [6.45, 7) is 2.60. The molecule has 1 fully saturated rings. The second-order valence-corrected chi connectivity index (χ2v) is 4.58. The van der Waals surface area contributed by atoms with Crippen LogP contribution in [0.1, 0.15) is 30.1 Å². The Morgan fingerprint density at radius 2 is 2.26 bits per heavy atom. The molecule has 0 aromatic heterocycles. The van der Waals surface area contributed by atoms with Gasteiger partial charge in [-0.3, -0.25) is 0 Å². The Kier molecular flexibility index (Phi) is 3.90. The largest absolute Gasteiger partial charge is 0.478 e. The van der Waals surface area contributed by atoms with E-state index >= 15 is 0 Å². The van der Waals surface area contributed by atoms with Gasteiger partial charge >= 0.3 is 5.97 Å². The Morgan fingerprint density at radius 3 is 2.84 bits per heavy atom. The summed E-state index contributed by atoms with van der Waals surface area (Å²) in [6, 6.07) is 2.71. The molecule has 0 heterocycles. The first kappa shape index (κ1) is 13.6. The van der Waals surface area contributed by atoms with Crippen LogP contribution in [0, 0.1) is 5.82 Å². The number of rotatable bonds is 5. The smallest absolute Gasteiger partial charge is 0.340 e. The van der Waals surface area contributed by atoms with E-state index in [2.05, 4.69) is 5.32 Å². The number of benzene rings is 1. The lowest BCUT2D eigenvalue weighted by atomic mass is 9.88. The maximum atomic E-state index is 13.3. The van der Waals surface area contributed by atoms with Crippen molar-refractivity contribution in [2.24, 2.45) is 0 Å². The van der Waals surface area contributed by atoms with E-state index in [0.29, 0.717) is 12.3 Å². The van der Waals surface area contributed by atoms with Crippen molar-refractivity contribution in [3.8, 4) is 0 Å². The summed E-state index contributed by atoms with van der Waals surface area (Å²) in [5.41, 5.74) is 5.28. The Labute approximate surface area is 110 Å². The number of nitrogens with one attached hydrogen (secondary N) is 1. The van der Waals surface area contributed by atoms with Crippen LogP contribution in [0.3, 0.4) is 0 Å². The number of carboxylic acid groups (broad SMARTS) is 1. The van der Waals surface area contributed by atoms with Crippen LogP contribution >= 0.6 is 0 Å². The molecule has 0 atom stereocenters. The average molecular weight is 268 g/mol. The molecular weight excluding hydrogens is 251 g/mol. The molecule has 0 bridgehead atoms. The van der Waals surface area contributed by atoms with Gasteiger partial charge in [-0.05, 0) is 31.9 Å². The van der Waals surface area contributed by atoms with Gasteiger partial charge < -0.3 is 20.9 Å². The summed E-state index contributed by atoms with van der Waals surface area (Å²) in [5.74, 6) is -1.95. The highest BCUT2D eigenvalue weighted by Crippen LogP contribution is 2.31. The quantitative estimate of drug-likeness (QED) is 0.712. The van der Waals surface area contributed by atoms with Gasteiger partial charge in [-0.15, -0.1) is 0 Å². The topological polar surface area (TPSA) is 84.6 Å². The van der Waals surface area contributed by atoms with Crippen molar-refractivity contribution in [2.45, 2.75) is 31.9 Å². The highest BCUT2D eigenvalue weighted by atomic mass is 19.1. The summed E-state index contributed by atoms with van der Waals surface area (Å²) >= 11 is 0. The lowest BCUT2D eigenvalue weighted by Crippen LogP contribution is -2.41. The predicted octanol–water partition coefficient (Wildman–Crippen LogP) is 2.09. The van der Waals surface area contributed by atoms with Crippen molar-refractivity contribution in [2.75, 3.05) is 17.7 Å². The number of anilines is 2. The Bertz CT molecular complexity index is 487. The summed E-state index contributed by atoms with van der Waals surface area (Å²) < 4.78 is 18.7. The van der Waals surface area contributed by atoms with Gasteiger partial charge in [-0.2, -0.15) is 0 Å². The van der Waals surface area contributed by atoms with Crippen molar-refractivity contribution in [3.63, 3.8) is 0 Å². The van der Waals surface area contributed by atoms with Crippen LogP contribution in [-0.4, -0.2) is 29.8 Å². The summed E-state index contributed by atoms with van der Waals surface area (Å²) in [7, 11) is 0. The van der Waals surface area contributed by atoms with Crippen LogP contribution < -0.4 is 11.1 Å². The number of nitrogens with two attached hydrogens (primary N) is 1. The average Bonchev–Trinajstić information content (AvgIpc) is 2.30. The number of carboxylic acids is 1. The third-order valence-corrected chi connectivity index (χ3v) is 3.26. The van der Waals surface area contributed by atoms with Gasteiger partial charge in [0, 0.05) is 12.6 Å². The molecule has 0 spiro atoms. The fraction of sp³-hybridized carbons (Fsp3) is 0.462. The Morgan fingerprint density at radius 1 is 1.58 bits per heavy atom. The normalized spacial score (nSPS) is 21.8. The van der Waals surface area contributed by atoms with E-state index in [-0.39, 0.29) is 23.4 Å². The van der Waals surface area contributed by atoms with Crippen molar-refractivity contribution < 1.29 is 19.0 Å². The zero-order valence-electron chi connectivity index (χ0n) is 10.6. The molecule has 1 aliphatic carbocycles. The molecule has 104 valence electrons. The molecule has 1 aromatic carbocycles. The lowest BCUT2D eigenvalue weighted by molar-refractivity contribution is 0.00298. The molecule has 0 radical (unpaired) electrons. The molecule has 4 N–H and O–H groups in total. The Hall–Kier alpha value is -1.82. The number of carbonyl (C=O) groups is 1. The maximum Gasteiger partial charge on any atom is 0.340 e. The van der Waals surface area contributed by atoms with E-state index in [9.17, 15) is 9.18 Å². The van der Waals surface area contributed by atoms with Crippen LogP contribution in [0.15, 0.2) is 12.1 Å². The zero-order chi connectivity index (χ0) is 14.0. The van der Waals surface area contributed by atoms with Gasteiger partial charge in [0.05, 0.1) is 17.5 Å².